The predicted octanol–water partition coefficient (Wildman–Crippen LogP) is 4.92. The highest BCUT2D eigenvalue weighted by Gasteiger charge is 2.15. The van der Waals surface area contributed by atoms with Gasteiger partial charge in [-0.2, -0.15) is 0 Å². The zero-order chi connectivity index (χ0) is 14.7. The van der Waals surface area contributed by atoms with Crippen LogP contribution in [-0.2, 0) is 6.61 Å². The molecule has 6 heteroatoms. The number of hydrogen-bond acceptors (Lipinski definition) is 2. The lowest BCUT2D eigenvalue weighted by Gasteiger charge is -2.12. The second-order valence-electron chi connectivity index (χ2n) is 3.91. The summed E-state index contributed by atoms with van der Waals surface area (Å²) in [5, 5.41) is 10.2. The van der Waals surface area contributed by atoms with E-state index in [0.29, 0.717) is 15.6 Å². The van der Waals surface area contributed by atoms with Gasteiger partial charge < -0.3 is 9.84 Å². The van der Waals surface area contributed by atoms with Gasteiger partial charge in [-0.25, -0.2) is 4.79 Å². The lowest BCUT2D eigenvalue weighted by atomic mass is 10.2. The van der Waals surface area contributed by atoms with Crippen molar-refractivity contribution in [2.45, 2.75) is 6.61 Å². The van der Waals surface area contributed by atoms with E-state index < -0.39 is 5.97 Å². The molecule has 2 aromatic carbocycles. The summed E-state index contributed by atoms with van der Waals surface area (Å²) in [7, 11) is 0. The van der Waals surface area contributed by atoms with Gasteiger partial charge in [0.1, 0.15) is 12.2 Å². The topological polar surface area (TPSA) is 46.5 Å². The molecule has 2 aromatic rings. The van der Waals surface area contributed by atoms with Crippen molar-refractivity contribution in [1.29, 1.82) is 0 Å². The Hall–Kier alpha value is -1.42. The molecule has 0 spiro atoms. The summed E-state index contributed by atoms with van der Waals surface area (Å²) in [5.74, 6) is -1.02. The van der Waals surface area contributed by atoms with Gasteiger partial charge >= 0.3 is 5.97 Å². The van der Waals surface area contributed by atoms with Crippen molar-refractivity contribution in [2.75, 3.05) is 0 Å². The van der Waals surface area contributed by atoms with E-state index in [1.54, 1.807) is 30.3 Å². The monoisotopic (exact) mass is 330 g/mol. The van der Waals surface area contributed by atoms with Gasteiger partial charge in [0.15, 0.2) is 5.75 Å². The zero-order valence-corrected chi connectivity index (χ0v) is 12.3. The molecule has 1 N–H and O–H groups in total. The number of ether oxygens (including phenoxy) is 1. The lowest BCUT2D eigenvalue weighted by molar-refractivity contribution is 0.0692. The molecule has 0 heterocycles. The number of para-hydroxylation sites is 1. The van der Waals surface area contributed by atoms with Gasteiger partial charge in [-0.3, -0.25) is 0 Å². The van der Waals surface area contributed by atoms with E-state index in [9.17, 15) is 4.79 Å². The van der Waals surface area contributed by atoms with E-state index in [4.69, 9.17) is 44.6 Å². The largest absolute Gasteiger partial charge is 0.486 e. The molecule has 0 atom stereocenters. The maximum Gasteiger partial charge on any atom is 0.339 e. The number of carbonyl (C=O) groups is 1. The minimum atomic E-state index is -1.12. The summed E-state index contributed by atoms with van der Waals surface area (Å²) in [6.07, 6.45) is 0. The second kappa shape index (κ2) is 6.35. The Kier molecular flexibility index (Phi) is 4.76. The molecule has 0 amide bonds. The van der Waals surface area contributed by atoms with Crippen LogP contribution in [0.3, 0.4) is 0 Å². The average Bonchev–Trinajstić information content (AvgIpc) is 2.39. The van der Waals surface area contributed by atoms with Crippen molar-refractivity contribution in [1.82, 2.24) is 0 Å². The molecule has 0 radical (unpaired) electrons. The van der Waals surface area contributed by atoms with E-state index >= 15 is 0 Å². The fourth-order valence-corrected chi connectivity index (χ4v) is 2.37. The Morgan fingerprint density at radius 2 is 1.55 bits per heavy atom. The first-order valence-electron chi connectivity index (χ1n) is 5.58. The molecule has 0 fully saturated rings. The second-order valence-corrected chi connectivity index (χ2v) is 5.13. The van der Waals surface area contributed by atoms with E-state index in [1.807, 2.05) is 0 Å². The number of hydrogen-bond donors (Lipinski definition) is 1. The SMILES string of the molecule is O=C(O)c1cccc(Cl)c1OCc1c(Cl)cccc1Cl. The van der Waals surface area contributed by atoms with E-state index in [2.05, 4.69) is 0 Å². The molecule has 0 saturated heterocycles. The highest BCUT2D eigenvalue weighted by atomic mass is 35.5. The maximum atomic E-state index is 11.1. The zero-order valence-electron chi connectivity index (χ0n) is 10.1. The molecule has 0 saturated carbocycles. The van der Waals surface area contributed by atoms with E-state index in [-0.39, 0.29) is 22.9 Å². The molecule has 0 aliphatic heterocycles. The van der Waals surface area contributed by atoms with Gasteiger partial charge in [0.2, 0.25) is 0 Å². The maximum absolute atomic E-state index is 11.1. The van der Waals surface area contributed by atoms with Crippen molar-refractivity contribution in [3.63, 3.8) is 0 Å². The van der Waals surface area contributed by atoms with Gasteiger partial charge in [0.05, 0.1) is 5.02 Å². The third kappa shape index (κ3) is 3.18. The van der Waals surface area contributed by atoms with Crippen molar-refractivity contribution < 1.29 is 14.6 Å². The van der Waals surface area contributed by atoms with Gasteiger partial charge in [0.25, 0.3) is 0 Å². The summed E-state index contributed by atoms with van der Waals surface area (Å²) < 4.78 is 5.50. The fourth-order valence-electron chi connectivity index (χ4n) is 1.64. The highest BCUT2D eigenvalue weighted by Crippen LogP contribution is 2.31. The first kappa shape index (κ1) is 15.0. The number of carboxylic acids is 1. The lowest BCUT2D eigenvalue weighted by Crippen LogP contribution is -2.04. The van der Waals surface area contributed by atoms with Crippen LogP contribution in [0, 0.1) is 0 Å². The number of aromatic carboxylic acids is 1. The van der Waals surface area contributed by atoms with Gasteiger partial charge in [-0.05, 0) is 24.3 Å². The Bertz CT molecular complexity index is 636. The van der Waals surface area contributed by atoms with Crippen LogP contribution in [0.2, 0.25) is 15.1 Å². The highest BCUT2D eigenvalue weighted by molar-refractivity contribution is 6.36. The number of carboxylic acid groups (broad SMARTS) is 1. The quantitative estimate of drug-likeness (QED) is 0.864. The molecule has 0 aromatic heterocycles. The average molecular weight is 332 g/mol. The molecular formula is C14H9Cl3O3. The van der Waals surface area contributed by atoms with Crippen LogP contribution in [0.15, 0.2) is 36.4 Å². The molecule has 3 nitrogen and oxygen atoms in total. The summed E-state index contributed by atoms with van der Waals surface area (Å²) in [6, 6.07) is 9.58. The molecular weight excluding hydrogens is 323 g/mol. The van der Waals surface area contributed by atoms with Gasteiger partial charge in [-0.15, -0.1) is 0 Å². The molecule has 20 heavy (non-hydrogen) atoms. The number of rotatable bonds is 4. The summed E-state index contributed by atoms with van der Waals surface area (Å²) in [6.45, 7) is 0.0303. The van der Waals surface area contributed by atoms with E-state index in [1.165, 1.54) is 6.07 Å². The Labute approximate surface area is 130 Å². The van der Waals surface area contributed by atoms with Crippen LogP contribution in [-0.4, -0.2) is 11.1 Å². The first-order valence-corrected chi connectivity index (χ1v) is 6.71. The molecule has 0 bridgehead atoms. The Morgan fingerprint density at radius 3 is 2.15 bits per heavy atom. The minimum absolute atomic E-state index is 0.0133. The van der Waals surface area contributed by atoms with Gasteiger partial charge in [0, 0.05) is 15.6 Å². The summed E-state index contributed by atoms with van der Waals surface area (Å²) >= 11 is 18.0. The van der Waals surface area contributed by atoms with Gasteiger partial charge in [-0.1, -0.05) is 46.9 Å². The van der Waals surface area contributed by atoms with Crippen LogP contribution < -0.4 is 4.74 Å². The minimum Gasteiger partial charge on any atom is -0.486 e. The van der Waals surface area contributed by atoms with Crippen LogP contribution in [0.25, 0.3) is 0 Å². The molecule has 0 aliphatic carbocycles. The van der Waals surface area contributed by atoms with Crippen LogP contribution in [0.4, 0.5) is 0 Å². The molecule has 2 rings (SSSR count). The normalized spacial score (nSPS) is 10.3. The summed E-state index contributed by atoms with van der Waals surface area (Å²) in [4.78, 5) is 11.1. The van der Waals surface area contributed by atoms with Crippen molar-refractivity contribution in [2.24, 2.45) is 0 Å². The number of halogens is 3. The Morgan fingerprint density at radius 1 is 1.00 bits per heavy atom. The van der Waals surface area contributed by atoms with Crippen LogP contribution >= 0.6 is 34.8 Å². The fraction of sp³-hybridized carbons (Fsp3) is 0.0714. The standard InChI is InChI=1S/C14H9Cl3O3/c15-10-4-2-5-11(16)9(10)7-20-13-8(14(18)19)3-1-6-12(13)17/h1-6H,7H2,(H,18,19). The number of benzene rings is 2. The predicted molar refractivity (Wildman–Crippen MR) is 79.2 cm³/mol. The molecule has 0 aliphatic rings. The van der Waals surface area contributed by atoms with Crippen molar-refractivity contribution in [3.05, 3.63) is 62.6 Å². The Balaban J connectivity index is 2.30. The first-order chi connectivity index (χ1) is 9.50. The van der Waals surface area contributed by atoms with Crippen molar-refractivity contribution in [3.8, 4) is 5.75 Å². The van der Waals surface area contributed by atoms with Crippen molar-refractivity contribution >= 4 is 40.8 Å². The third-order valence-corrected chi connectivity index (χ3v) is 3.63. The molecule has 0 unspecified atom stereocenters. The van der Waals surface area contributed by atoms with Crippen LogP contribution in [0.5, 0.6) is 5.75 Å². The van der Waals surface area contributed by atoms with Crippen LogP contribution in [0.1, 0.15) is 15.9 Å². The summed E-state index contributed by atoms with van der Waals surface area (Å²) in [5.41, 5.74) is 0.563. The van der Waals surface area contributed by atoms with E-state index in [0.717, 1.165) is 0 Å². The molecule has 104 valence electrons. The smallest absolute Gasteiger partial charge is 0.339 e. The third-order valence-electron chi connectivity index (χ3n) is 2.62.